The summed E-state index contributed by atoms with van der Waals surface area (Å²) in [5.74, 6) is -0.572. The molecule has 1 N–H and O–H groups in total. The molecule has 0 radical (unpaired) electrons. The number of halogens is 3. The highest BCUT2D eigenvalue weighted by atomic mass is 19.4. The van der Waals surface area contributed by atoms with Gasteiger partial charge in [-0.15, -0.1) is 0 Å². The summed E-state index contributed by atoms with van der Waals surface area (Å²) in [6.07, 6.45) is -2.94. The third-order valence-corrected chi connectivity index (χ3v) is 3.30. The Labute approximate surface area is 106 Å². The Kier molecular flexibility index (Phi) is 5.44. The minimum Gasteiger partial charge on any atom is -0.333 e. The number of nitrogens with zero attached hydrogens (tertiary/aromatic N) is 1. The molecule has 0 unspecified atom stereocenters. The Balaban J connectivity index is 2.65. The number of carbonyl (C=O) groups is 1. The van der Waals surface area contributed by atoms with Gasteiger partial charge < -0.3 is 10.2 Å². The summed E-state index contributed by atoms with van der Waals surface area (Å²) < 4.78 is 37.4. The van der Waals surface area contributed by atoms with Crippen molar-refractivity contribution in [3.05, 3.63) is 0 Å². The first-order chi connectivity index (χ1) is 8.35. The topological polar surface area (TPSA) is 32.3 Å². The molecule has 2 atom stereocenters. The highest BCUT2D eigenvalue weighted by molar-refractivity contribution is 5.79. The summed E-state index contributed by atoms with van der Waals surface area (Å²) >= 11 is 0. The number of rotatable bonds is 5. The Bertz CT molecular complexity index is 281. The van der Waals surface area contributed by atoms with Gasteiger partial charge in [-0.25, -0.2) is 0 Å². The second-order valence-electron chi connectivity index (χ2n) is 4.97. The third-order valence-electron chi connectivity index (χ3n) is 3.30. The molecular weight excluding hydrogens is 245 g/mol. The molecule has 0 aromatic rings. The lowest BCUT2D eigenvalue weighted by atomic mass is 9.96. The van der Waals surface area contributed by atoms with Gasteiger partial charge in [0.2, 0.25) is 5.91 Å². The molecule has 0 aromatic carbocycles. The van der Waals surface area contributed by atoms with Crippen LogP contribution in [-0.4, -0.2) is 43.2 Å². The first-order valence-electron chi connectivity index (χ1n) is 6.41. The lowest BCUT2D eigenvalue weighted by Crippen LogP contribution is -2.44. The second kappa shape index (κ2) is 6.41. The van der Waals surface area contributed by atoms with Crippen molar-refractivity contribution in [2.45, 2.75) is 32.9 Å². The lowest BCUT2D eigenvalue weighted by molar-refractivity contribution is -0.164. The van der Waals surface area contributed by atoms with Crippen LogP contribution in [0.5, 0.6) is 0 Å². The molecule has 18 heavy (non-hydrogen) atoms. The molecule has 1 aliphatic rings. The van der Waals surface area contributed by atoms with E-state index in [1.54, 1.807) is 0 Å². The molecule has 0 aliphatic carbocycles. The van der Waals surface area contributed by atoms with Crippen LogP contribution in [0.1, 0.15) is 26.7 Å². The number of unbranched alkanes of at least 4 members (excludes halogenated alkanes) is 1. The summed E-state index contributed by atoms with van der Waals surface area (Å²) in [5.41, 5.74) is 0. The van der Waals surface area contributed by atoms with E-state index in [1.807, 2.05) is 13.8 Å². The van der Waals surface area contributed by atoms with E-state index in [9.17, 15) is 18.0 Å². The van der Waals surface area contributed by atoms with Gasteiger partial charge in [-0.05, 0) is 18.9 Å². The maximum absolute atomic E-state index is 12.5. The molecule has 3 nitrogen and oxygen atoms in total. The summed E-state index contributed by atoms with van der Waals surface area (Å²) in [6.45, 7) is 4.04. The molecule has 1 aliphatic heterocycles. The molecule has 1 amide bonds. The van der Waals surface area contributed by atoms with Gasteiger partial charge in [-0.1, -0.05) is 20.3 Å². The monoisotopic (exact) mass is 266 g/mol. The number of amides is 1. The molecule has 1 saturated heterocycles. The number of hydrogen-bond donors (Lipinski definition) is 1. The molecule has 1 heterocycles. The van der Waals surface area contributed by atoms with E-state index in [0.29, 0.717) is 19.5 Å². The van der Waals surface area contributed by atoms with Crippen LogP contribution in [-0.2, 0) is 4.79 Å². The van der Waals surface area contributed by atoms with E-state index in [4.69, 9.17) is 0 Å². The Morgan fingerprint density at radius 3 is 2.50 bits per heavy atom. The van der Waals surface area contributed by atoms with Gasteiger partial charge >= 0.3 is 6.18 Å². The van der Waals surface area contributed by atoms with E-state index >= 15 is 0 Å². The maximum atomic E-state index is 12.5. The van der Waals surface area contributed by atoms with E-state index in [-0.39, 0.29) is 24.3 Å². The largest absolute Gasteiger partial charge is 0.406 e. The summed E-state index contributed by atoms with van der Waals surface area (Å²) in [5, 5.41) is 3.05. The van der Waals surface area contributed by atoms with Gasteiger partial charge in [0.25, 0.3) is 0 Å². The average Bonchev–Trinajstić information content (AvgIpc) is 2.68. The molecule has 1 rings (SSSR count). The standard InChI is InChI=1S/C12H21F3N2O/c1-3-4-5-17(8-12(13,14)15)11(18)10-7-16-6-9(10)2/h9-10,16H,3-8H2,1-2H3/t9-,10-/m1/s1. The fourth-order valence-corrected chi connectivity index (χ4v) is 2.21. The minimum atomic E-state index is -4.32. The Morgan fingerprint density at radius 2 is 2.06 bits per heavy atom. The van der Waals surface area contributed by atoms with Crippen molar-refractivity contribution in [3.8, 4) is 0 Å². The molecule has 106 valence electrons. The zero-order chi connectivity index (χ0) is 13.8. The quantitative estimate of drug-likeness (QED) is 0.826. The van der Waals surface area contributed by atoms with E-state index in [0.717, 1.165) is 11.3 Å². The van der Waals surface area contributed by atoms with Crippen molar-refractivity contribution in [1.29, 1.82) is 0 Å². The number of alkyl halides is 3. The van der Waals surface area contributed by atoms with Gasteiger partial charge in [-0.2, -0.15) is 13.2 Å². The molecule has 6 heteroatoms. The first kappa shape index (κ1) is 15.3. The maximum Gasteiger partial charge on any atom is 0.406 e. The molecule has 1 fully saturated rings. The number of nitrogens with one attached hydrogen (secondary N) is 1. The second-order valence-corrected chi connectivity index (χ2v) is 4.97. The van der Waals surface area contributed by atoms with Crippen LogP contribution < -0.4 is 5.32 Å². The van der Waals surface area contributed by atoms with Gasteiger partial charge in [0.15, 0.2) is 0 Å². The average molecular weight is 266 g/mol. The minimum absolute atomic E-state index is 0.106. The molecule has 0 aromatic heterocycles. The third kappa shape index (κ3) is 4.48. The van der Waals surface area contributed by atoms with Gasteiger partial charge in [-0.3, -0.25) is 4.79 Å². The van der Waals surface area contributed by atoms with E-state index < -0.39 is 12.7 Å². The fourth-order valence-electron chi connectivity index (χ4n) is 2.21. The van der Waals surface area contributed by atoms with E-state index in [1.165, 1.54) is 0 Å². The van der Waals surface area contributed by atoms with E-state index in [2.05, 4.69) is 5.32 Å². The first-order valence-corrected chi connectivity index (χ1v) is 6.41. The van der Waals surface area contributed by atoms with Crippen molar-refractivity contribution in [1.82, 2.24) is 10.2 Å². The van der Waals surface area contributed by atoms with Gasteiger partial charge in [0, 0.05) is 13.1 Å². The smallest absolute Gasteiger partial charge is 0.333 e. The van der Waals surface area contributed by atoms with Crippen LogP contribution in [0, 0.1) is 11.8 Å². The summed E-state index contributed by atoms with van der Waals surface area (Å²) in [4.78, 5) is 13.1. The predicted molar refractivity (Wildman–Crippen MR) is 63.1 cm³/mol. The van der Waals surface area contributed by atoms with Gasteiger partial charge in [0.05, 0.1) is 5.92 Å². The van der Waals surface area contributed by atoms with Crippen LogP contribution >= 0.6 is 0 Å². The van der Waals surface area contributed by atoms with Crippen LogP contribution in [0.15, 0.2) is 0 Å². The van der Waals surface area contributed by atoms with Crippen molar-refractivity contribution >= 4 is 5.91 Å². The van der Waals surface area contributed by atoms with Crippen LogP contribution in [0.3, 0.4) is 0 Å². The zero-order valence-corrected chi connectivity index (χ0v) is 10.9. The van der Waals surface area contributed by atoms with Crippen LogP contribution in [0.2, 0.25) is 0 Å². The van der Waals surface area contributed by atoms with Crippen molar-refractivity contribution < 1.29 is 18.0 Å². The summed E-state index contributed by atoms with van der Waals surface area (Å²) in [7, 11) is 0. The van der Waals surface area contributed by atoms with Crippen molar-refractivity contribution in [3.63, 3.8) is 0 Å². The zero-order valence-electron chi connectivity index (χ0n) is 10.9. The van der Waals surface area contributed by atoms with Gasteiger partial charge in [0.1, 0.15) is 6.54 Å². The van der Waals surface area contributed by atoms with Crippen molar-refractivity contribution in [2.24, 2.45) is 11.8 Å². The SMILES string of the molecule is CCCCN(CC(F)(F)F)C(=O)[C@@H]1CNC[C@H]1C. The Morgan fingerprint density at radius 1 is 1.39 bits per heavy atom. The Hall–Kier alpha value is -0.780. The highest BCUT2D eigenvalue weighted by Gasteiger charge is 2.38. The molecular formula is C12H21F3N2O. The normalized spacial score (nSPS) is 24.3. The van der Waals surface area contributed by atoms with Crippen LogP contribution in [0.25, 0.3) is 0 Å². The highest BCUT2D eigenvalue weighted by Crippen LogP contribution is 2.22. The van der Waals surface area contributed by atoms with Crippen molar-refractivity contribution in [2.75, 3.05) is 26.2 Å². The molecule has 0 saturated carbocycles. The summed E-state index contributed by atoms with van der Waals surface area (Å²) in [6, 6.07) is 0. The number of carbonyl (C=O) groups excluding carboxylic acids is 1. The predicted octanol–water partition coefficient (Wildman–Crippen LogP) is 2.03. The lowest BCUT2D eigenvalue weighted by Gasteiger charge is -2.27. The number of hydrogen-bond acceptors (Lipinski definition) is 2. The molecule has 0 bridgehead atoms. The fraction of sp³-hybridized carbons (Fsp3) is 0.917. The van der Waals surface area contributed by atoms with Crippen LogP contribution in [0.4, 0.5) is 13.2 Å². The molecule has 0 spiro atoms.